The lowest BCUT2D eigenvalue weighted by atomic mass is 9.85. The van der Waals surface area contributed by atoms with Gasteiger partial charge in [0.15, 0.2) is 0 Å². The molecule has 212 valence electrons. The van der Waals surface area contributed by atoms with Gasteiger partial charge >= 0.3 is 0 Å². The Morgan fingerprint density at radius 3 is 2.18 bits per heavy atom. The fourth-order valence-electron chi connectivity index (χ4n) is 7.24. The van der Waals surface area contributed by atoms with Gasteiger partial charge < -0.3 is 19.9 Å². The van der Waals surface area contributed by atoms with Crippen molar-refractivity contribution in [2.24, 2.45) is 11.8 Å². The molecule has 4 rings (SSSR count). The Balaban J connectivity index is 1.72. The van der Waals surface area contributed by atoms with E-state index in [-0.39, 0.29) is 12.1 Å². The number of piperidine rings is 1. The SMILES string of the molecule is CC/C=C(\C(NC)C1Cc2ccccc2C1)N(Cc1ccccc1C1CCN(C)CC1)C(C=O)C(CC)CC. The third-order valence-electron chi connectivity index (χ3n) is 9.51. The lowest BCUT2D eigenvalue weighted by Crippen LogP contribution is -2.48. The molecule has 0 amide bonds. The molecular formula is C35H51N3O. The number of hydrogen-bond acceptors (Lipinski definition) is 4. The fraction of sp³-hybridized carbons (Fsp3) is 0.571. The summed E-state index contributed by atoms with van der Waals surface area (Å²) in [6.07, 6.45) is 11.2. The van der Waals surface area contributed by atoms with Crippen molar-refractivity contribution in [1.82, 2.24) is 15.1 Å². The molecule has 1 saturated heterocycles. The number of nitrogens with one attached hydrogen (secondary N) is 1. The first-order valence-electron chi connectivity index (χ1n) is 15.5. The van der Waals surface area contributed by atoms with E-state index >= 15 is 0 Å². The number of nitrogens with zero attached hydrogens (tertiary/aromatic N) is 2. The van der Waals surface area contributed by atoms with Crippen LogP contribution < -0.4 is 5.32 Å². The van der Waals surface area contributed by atoms with Crippen LogP contribution in [0.1, 0.15) is 81.0 Å². The zero-order valence-electron chi connectivity index (χ0n) is 25.0. The zero-order chi connectivity index (χ0) is 27.8. The van der Waals surface area contributed by atoms with E-state index in [0.29, 0.717) is 17.8 Å². The van der Waals surface area contributed by atoms with Crippen LogP contribution in [0, 0.1) is 11.8 Å². The van der Waals surface area contributed by atoms with Gasteiger partial charge in [-0.3, -0.25) is 0 Å². The van der Waals surface area contributed by atoms with Gasteiger partial charge in [0.05, 0.1) is 12.1 Å². The number of carbonyl (C=O) groups excluding carboxylic acids is 1. The molecular weight excluding hydrogens is 478 g/mol. The molecule has 4 heteroatoms. The molecule has 1 aliphatic heterocycles. The predicted octanol–water partition coefficient (Wildman–Crippen LogP) is 6.60. The number of rotatable bonds is 13. The maximum absolute atomic E-state index is 12.9. The molecule has 0 radical (unpaired) electrons. The average molecular weight is 530 g/mol. The van der Waals surface area contributed by atoms with Crippen molar-refractivity contribution in [2.45, 2.75) is 90.3 Å². The van der Waals surface area contributed by atoms with E-state index in [2.05, 4.69) is 105 Å². The Morgan fingerprint density at radius 1 is 1.00 bits per heavy atom. The lowest BCUT2D eigenvalue weighted by molar-refractivity contribution is -0.114. The number of hydrogen-bond donors (Lipinski definition) is 1. The van der Waals surface area contributed by atoms with Gasteiger partial charge in [0.2, 0.25) is 0 Å². The van der Waals surface area contributed by atoms with Gasteiger partial charge in [-0.2, -0.15) is 0 Å². The van der Waals surface area contributed by atoms with Crippen LogP contribution in [0.5, 0.6) is 0 Å². The van der Waals surface area contributed by atoms with Gasteiger partial charge in [-0.05, 0) is 99.3 Å². The second-order valence-corrected chi connectivity index (χ2v) is 11.8. The minimum atomic E-state index is -0.136. The molecule has 4 nitrogen and oxygen atoms in total. The Labute approximate surface area is 237 Å². The number of allylic oxidation sites excluding steroid dienone is 1. The van der Waals surface area contributed by atoms with Crippen LogP contribution in [0.15, 0.2) is 60.3 Å². The van der Waals surface area contributed by atoms with E-state index in [1.54, 1.807) is 0 Å². The fourth-order valence-corrected chi connectivity index (χ4v) is 7.24. The van der Waals surface area contributed by atoms with Crippen molar-refractivity contribution in [3.8, 4) is 0 Å². The monoisotopic (exact) mass is 529 g/mol. The summed E-state index contributed by atoms with van der Waals surface area (Å²) in [4.78, 5) is 17.9. The van der Waals surface area contributed by atoms with E-state index in [1.807, 2.05) is 0 Å². The summed E-state index contributed by atoms with van der Waals surface area (Å²) in [5, 5.41) is 3.74. The minimum absolute atomic E-state index is 0.136. The highest BCUT2D eigenvalue weighted by Gasteiger charge is 2.36. The van der Waals surface area contributed by atoms with Gasteiger partial charge in [0.25, 0.3) is 0 Å². The van der Waals surface area contributed by atoms with Crippen molar-refractivity contribution >= 4 is 6.29 Å². The molecule has 2 atom stereocenters. The molecule has 0 saturated carbocycles. The zero-order valence-corrected chi connectivity index (χ0v) is 25.0. The molecule has 2 aromatic carbocycles. The van der Waals surface area contributed by atoms with Crippen LogP contribution in [0.4, 0.5) is 0 Å². The third kappa shape index (κ3) is 6.84. The summed E-state index contributed by atoms with van der Waals surface area (Å²) in [5.74, 6) is 1.40. The Bertz CT molecular complexity index is 1060. The van der Waals surface area contributed by atoms with E-state index in [0.717, 1.165) is 51.7 Å². The molecule has 1 fully saturated rings. The molecule has 1 heterocycles. The van der Waals surface area contributed by atoms with E-state index in [9.17, 15) is 4.79 Å². The number of likely N-dealkylation sites (tertiary alicyclic amines) is 1. The van der Waals surface area contributed by atoms with Gasteiger partial charge in [-0.15, -0.1) is 0 Å². The smallest absolute Gasteiger partial charge is 0.142 e. The molecule has 2 unspecified atom stereocenters. The Kier molecular flexibility index (Phi) is 10.8. The van der Waals surface area contributed by atoms with Gasteiger partial charge in [-0.1, -0.05) is 88.2 Å². The lowest BCUT2D eigenvalue weighted by Gasteiger charge is -2.42. The van der Waals surface area contributed by atoms with Crippen molar-refractivity contribution in [3.63, 3.8) is 0 Å². The van der Waals surface area contributed by atoms with Gasteiger partial charge in [0, 0.05) is 12.2 Å². The molecule has 0 spiro atoms. The topological polar surface area (TPSA) is 35.6 Å². The quantitative estimate of drug-likeness (QED) is 0.297. The van der Waals surface area contributed by atoms with E-state index in [1.165, 1.54) is 47.1 Å². The number of fused-ring (bicyclic) bond motifs is 1. The van der Waals surface area contributed by atoms with Crippen molar-refractivity contribution in [1.29, 1.82) is 0 Å². The highest BCUT2D eigenvalue weighted by Crippen LogP contribution is 2.36. The van der Waals surface area contributed by atoms with Crippen molar-refractivity contribution in [2.75, 3.05) is 27.2 Å². The normalized spacial score (nSPS) is 18.8. The number of benzene rings is 2. The Hall–Kier alpha value is -2.43. The summed E-state index contributed by atoms with van der Waals surface area (Å²) in [6, 6.07) is 18.0. The maximum atomic E-state index is 12.9. The predicted molar refractivity (Wildman–Crippen MR) is 164 cm³/mol. The van der Waals surface area contributed by atoms with E-state index < -0.39 is 0 Å². The molecule has 1 N–H and O–H groups in total. The summed E-state index contributed by atoms with van der Waals surface area (Å²) >= 11 is 0. The van der Waals surface area contributed by atoms with Gasteiger partial charge in [0.1, 0.15) is 6.29 Å². The standard InChI is InChI=1S/C35H51N3O/c1-6-13-33(35(36-4)31-22-28-14-9-10-15-29(28)23-31)38(34(25-39)26(7-2)8-3)24-30-16-11-12-17-32(30)27-18-20-37(5)21-19-27/h9-17,25-27,31,34-36H,6-8,18-24H2,1-5H3/b33-13+. The van der Waals surface area contributed by atoms with Crippen LogP contribution in [0.25, 0.3) is 0 Å². The van der Waals surface area contributed by atoms with Crippen LogP contribution in [0.2, 0.25) is 0 Å². The van der Waals surface area contributed by atoms with Crippen LogP contribution in [0.3, 0.4) is 0 Å². The molecule has 0 aromatic heterocycles. The second-order valence-electron chi connectivity index (χ2n) is 11.8. The second kappa shape index (κ2) is 14.3. The summed E-state index contributed by atoms with van der Waals surface area (Å²) in [7, 11) is 4.34. The summed E-state index contributed by atoms with van der Waals surface area (Å²) in [5.41, 5.74) is 7.13. The highest BCUT2D eigenvalue weighted by molar-refractivity contribution is 5.59. The van der Waals surface area contributed by atoms with Crippen LogP contribution >= 0.6 is 0 Å². The van der Waals surface area contributed by atoms with E-state index in [4.69, 9.17) is 0 Å². The molecule has 2 aliphatic rings. The average Bonchev–Trinajstić information content (AvgIpc) is 3.39. The first kappa shape index (κ1) is 29.6. The number of carbonyl (C=O) groups is 1. The highest BCUT2D eigenvalue weighted by atomic mass is 16.1. The van der Waals surface area contributed by atoms with Crippen molar-refractivity contribution in [3.05, 3.63) is 82.6 Å². The Morgan fingerprint density at radius 2 is 1.62 bits per heavy atom. The molecule has 1 aliphatic carbocycles. The molecule has 2 aromatic rings. The van der Waals surface area contributed by atoms with Crippen LogP contribution in [-0.4, -0.2) is 55.4 Å². The molecule has 0 bridgehead atoms. The minimum Gasteiger partial charge on any atom is -0.359 e. The number of aldehydes is 1. The molecule has 39 heavy (non-hydrogen) atoms. The first-order chi connectivity index (χ1) is 19.0. The van der Waals surface area contributed by atoms with Gasteiger partial charge in [-0.25, -0.2) is 0 Å². The summed E-state index contributed by atoms with van der Waals surface area (Å²) in [6.45, 7) is 9.79. The van der Waals surface area contributed by atoms with Crippen LogP contribution in [-0.2, 0) is 24.2 Å². The summed E-state index contributed by atoms with van der Waals surface area (Å²) < 4.78 is 0. The maximum Gasteiger partial charge on any atom is 0.142 e. The largest absolute Gasteiger partial charge is 0.359 e. The van der Waals surface area contributed by atoms with Crippen molar-refractivity contribution < 1.29 is 4.79 Å². The number of likely N-dealkylation sites (N-methyl/N-ethyl adjacent to an activating group) is 1. The third-order valence-corrected chi connectivity index (χ3v) is 9.51. The first-order valence-corrected chi connectivity index (χ1v) is 15.5.